The summed E-state index contributed by atoms with van der Waals surface area (Å²) >= 11 is 0. The zero-order valence-electron chi connectivity index (χ0n) is 29.4. The Bertz CT molecular complexity index is 2490. The summed E-state index contributed by atoms with van der Waals surface area (Å²) in [5.74, 6) is -0.815. The molecule has 0 aliphatic rings. The first kappa shape index (κ1) is 37.2. The summed E-state index contributed by atoms with van der Waals surface area (Å²) in [5, 5.41) is 0.579. The van der Waals surface area contributed by atoms with Gasteiger partial charge in [-0.25, -0.2) is 0 Å². The van der Waals surface area contributed by atoms with Crippen molar-refractivity contribution in [3.63, 3.8) is 0 Å². The van der Waals surface area contributed by atoms with Crippen molar-refractivity contribution in [1.29, 1.82) is 0 Å². The van der Waals surface area contributed by atoms with E-state index in [1.54, 1.807) is 74.7 Å². The first-order chi connectivity index (χ1) is 25.3. The van der Waals surface area contributed by atoms with Gasteiger partial charge in [-0.05, 0) is 66.6 Å². The molecule has 53 heavy (non-hydrogen) atoms. The zero-order valence-corrected chi connectivity index (χ0v) is 29.4. The summed E-state index contributed by atoms with van der Waals surface area (Å²) in [5.41, 5.74) is 2.44. The third kappa shape index (κ3) is 8.48. The van der Waals surface area contributed by atoms with E-state index in [4.69, 9.17) is 32.5 Å². The number of rotatable bonds is 7. The maximum atomic E-state index is 12.9. The van der Waals surface area contributed by atoms with Crippen LogP contribution in [0, 0.1) is 6.92 Å². The van der Waals surface area contributed by atoms with E-state index in [9.17, 15) is 28.8 Å². The van der Waals surface area contributed by atoms with Crippen LogP contribution in [0.4, 0.5) is 0 Å². The van der Waals surface area contributed by atoms with Crippen molar-refractivity contribution >= 4 is 45.8 Å². The lowest BCUT2D eigenvalue weighted by molar-refractivity contribution is -0.134. The molecule has 2 aromatic heterocycles. The predicted octanol–water partition coefficient (Wildman–Crippen LogP) is 6.94. The van der Waals surface area contributed by atoms with Crippen molar-refractivity contribution in [2.45, 2.75) is 34.6 Å². The number of ether oxygens (including phenoxy) is 5. The SMILES string of the molecule is CC(=O)Oc1ccc(-c2coc3c(C)c(OC(C)=O)ccc3c2=O)cc1.COc1ccc(-c2coc3c(OC(C)=O)c(OC(C)=O)ccc3c2=O)cc1. The topological polar surface area (TPSA) is 175 Å². The molecule has 0 spiro atoms. The van der Waals surface area contributed by atoms with Crippen LogP contribution in [0.2, 0.25) is 0 Å². The molecule has 0 atom stereocenters. The largest absolute Gasteiger partial charge is 0.497 e. The molecule has 13 heteroatoms. The lowest BCUT2D eigenvalue weighted by Crippen LogP contribution is -2.10. The molecule has 0 radical (unpaired) electrons. The molecule has 0 saturated heterocycles. The molecule has 0 amide bonds. The fourth-order valence-corrected chi connectivity index (χ4v) is 5.26. The number of benzene rings is 4. The minimum absolute atomic E-state index is 0.00875. The van der Waals surface area contributed by atoms with Gasteiger partial charge in [0.1, 0.15) is 35.4 Å². The average Bonchev–Trinajstić information content (AvgIpc) is 3.11. The maximum absolute atomic E-state index is 12.9. The Kier molecular flexibility index (Phi) is 11.2. The Balaban J connectivity index is 0.000000204. The predicted molar refractivity (Wildman–Crippen MR) is 192 cm³/mol. The number of aryl methyl sites for hydroxylation is 1. The van der Waals surface area contributed by atoms with Crippen LogP contribution in [0.1, 0.15) is 33.3 Å². The second-order valence-corrected chi connectivity index (χ2v) is 11.4. The van der Waals surface area contributed by atoms with E-state index in [1.807, 2.05) is 0 Å². The van der Waals surface area contributed by atoms with Crippen molar-refractivity contribution in [1.82, 2.24) is 0 Å². The Morgan fingerprint density at radius 2 is 0.943 bits per heavy atom. The molecule has 0 aliphatic carbocycles. The van der Waals surface area contributed by atoms with E-state index in [-0.39, 0.29) is 33.3 Å². The van der Waals surface area contributed by atoms with Crippen LogP contribution in [-0.2, 0) is 19.2 Å². The van der Waals surface area contributed by atoms with Crippen molar-refractivity contribution in [2.24, 2.45) is 0 Å². The molecule has 2 heterocycles. The van der Waals surface area contributed by atoms with E-state index < -0.39 is 23.9 Å². The number of hydrogen-bond donors (Lipinski definition) is 0. The summed E-state index contributed by atoms with van der Waals surface area (Å²) in [6, 6.07) is 19.5. The number of fused-ring (bicyclic) bond motifs is 2. The van der Waals surface area contributed by atoms with Gasteiger partial charge in [-0.15, -0.1) is 0 Å². The minimum Gasteiger partial charge on any atom is -0.497 e. The first-order valence-corrected chi connectivity index (χ1v) is 15.9. The molecule has 6 rings (SSSR count). The summed E-state index contributed by atoms with van der Waals surface area (Å²) in [4.78, 5) is 70.6. The molecule has 13 nitrogen and oxygen atoms in total. The first-order valence-electron chi connectivity index (χ1n) is 15.9. The van der Waals surface area contributed by atoms with Gasteiger partial charge in [-0.3, -0.25) is 28.8 Å². The third-order valence-electron chi connectivity index (χ3n) is 7.58. The molecule has 4 aromatic carbocycles. The van der Waals surface area contributed by atoms with Gasteiger partial charge in [-0.2, -0.15) is 0 Å². The fourth-order valence-electron chi connectivity index (χ4n) is 5.26. The summed E-state index contributed by atoms with van der Waals surface area (Å²) in [6.45, 7) is 6.75. The van der Waals surface area contributed by atoms with Gasteiger partial charge in [0, 0.05) is 33.3 Å². The average molecular weight is 721 g/mol. The highest BCUT2D eigenvalue weighted by Gasteiger charge is 2.20. The molecule has 0 fully saturated rings. The highest BCUT2D eigenvalue weighted by molar-refractivity contribution is 5.91. The fraction of sp³-hybridized carbons (Fsp3) is 0.150. The number of hydrogen-bond acceptors (Lipinski definition) is 13. The summed E-state index contributed by atoms with van der Waals surface area (Å²) < 4.78 is 36.6. The monoisotopic (exact) mass is 720 g/mol. The van der Waals surface area contributed by atoms with Gasteiger partial charge in [0.25, 0.3) is 0 Å². The second kappa shape index (κ2) is 15.9. The lowest BCUT2D eigenvalue weighted by Gasteiger charge is -2.11. The summed E-state index contributed by atoms with van der Waals surface area (Å²) in [7, 11) is 1.55. The lowest BCUT2D eigenvalue weighted by atomic mass is 10.0. The highest BCUT2D eigenvalue weighted by atomic mass is 16.6. The van der Waals surface area contributed by atoms with Crippen LogP contribution in [0.3, 0.4) is 0 Å². The molecular formula is C40H32O13. The number of carbonyl (C=O) groups is 4. The van der Waals surface area contributed by atoms with Gasteiger partial charge in [0.15, 0.2) is 11.3 Å². The van der Waals surface area contributed by atoms with Crippen LogP contribution in [-0.4, -0.2) is 31.0 Å². The second-order valence-electron chi connectivity index (χ2n) is 11.4. The highest BCUT2D eigenvalue weighted by Crippen LogP contribution is 2.36. The number of carbonyl (C=O) groups excluding carboxylic acids is 4. The van der Waals surface area contributed by atoms with Gasteiger partial charge in [0.2, 0.25) is 16.6 Å². The van der Waals surface area contributed by atoms with Gasteiger partial charge < -0.3 is 32.5 Å². The van der Waals surface area contributed by atoms with Gasteiger partial charge >= 0.3 is 23.9 Å². The number of esters is 4. The van der Waals surface area contributed by atoms with Crippen LogP contribution < -0.4 is 34.5 Å². The van der Waals surface area contributed by atoms with Crippen molar-refractivity contribution in [3.05, 3.63) is 111 Å². The standard InChI is InChI=1S/C20H16O7.C20H16O6/c1-11(21)26-17-9-8-15-18(23)16(13-4-6-14(24-3)7-5-13)10-25-19(15)20(17)27-12(2)22;1-11-18(26-13(3)22)9-8-16-19(23)17(10-24-20(11)16)14-4-6-15(7-5-14)25-12(2)21/h4-10H,1-3H3;4-10H,1-3H3. The molecule has 270 valence electrons. The molecule has 0 aliphatic heterocycles. The molecule has 0 N–H and O–H groups in total. The Labute approximate surface area is 301 Å². The van der Waals surface area contributed by atoms with Gasteiger partial charge in [0.05, 0.1) is 29.0 Å². The quantitative estimate of drug-likeness (QED) is 0.123. The normalized spacial score (nSPS) is 10.5. The molecule has 0 saturated carbocycles. The van der Waals surface area contributed by atoms with Crippen molar-refractivity contribution < 1.29 is 51.7 Å². The van der Waals surface area contributed by atoms with E-state index in [0.29, 0.717) is 56.0 Å². The van der Waals surface area contributed by atoms with Crippen molar-refractivity contribution in [3.8, 4) is 51.0 Å². The van der Waals surface area contributed by atoms with Crippen LogP contribution in [0.25, 0.3) is 44.2 Å². The summed E-state index contributed by atoms with van der Waals surface area (Å²) in [6.07, 6.45) is 2.65. The van der Waals surface area contributed by atoms with Crippen molar-refractivity contribution in [2.75, 3.05) is 7.11 Å². The zero-order chi connectivity index (χ0) is 38.4. The van der Waals surface area contributed by atoms with E-state index >= 15 is 0 Å². The van der Waals surface area contributed by atoms with Crippen LogP contribution in [0.15, 0.2) is 104 Å². The Morgan fingerprint density at radius 1 is 0.509 bits per heavy atom. The smallest absolute Gasteiger partial charge is 0.308 e. The van der Waals surface area contributed by atoms with Gasteiger partial charge in [-0.1, -0.05) is 24.3 Å². The Hall–Kier alpha value is -7.02. The van der Waals surface area contributed by atoms with E-state index in [2.05, 4.69) is 0 Å². The molecular weight excluding hydrogens is 688 g/mol. The minimum atomic E-state index is -0.641. The molecule has 0 unspecified atom stereocenters. The molecule has 6 aromatic rings. The molecule has 0 bridgehead atoms. The van der Waals surface area contributed by atoms with E-state index in [0.717, 1.165) is 0 Å². The van der Waals surface area contributed by atoms with Crippen LogP contribution >= 0.6 is 0 Å². The van der Waals surface area contributed by atoms with Crippen LogP contribution in [0.5, 0.6) is 28.7 Å². The Morgan fingerprint density at radius 3 is 1.43 bits per heavy atom. The third-order valence-corrected chi connectivity index (χ3v) is 7.58. The number of methoxy groups -OCH3 is 1. The maximum Gasteiger partial charge on any atom is 0.308 e. The van der Waals surface area contributed by atoms with E-state index in [1.165, 1.54) is 52.4 Å².